The summed E-state index contributed by atoms with van der Waals surface area (Å²) in [7, 11) is 0. The largest absolute Gasteiger partial charge is 0.396 e. The van der Waals surface area contributed by atoms with Crippen LogP contribution in [0.3, 0.4) is 0 Å². The summed E-state index contributed by atoms with van der Waals surface area (Å²) in [6.07, 6.45) is 0.745. The molecule has 4 heteroatoms. The van der Waals surface area contributed by atoms with E-state index < -0.39 is 11.8 Å². The van der Waals surface area contributed by atoms with Gasteiger partial charge in [-0.15, -0.1) is 0 Å². The van der Waals surface area contributed by atoms with Gasteiger partial charge in [0.25, 0.3) is 0 Å². The zero-order valence-electron chi connectivity index (χ0n) is 8.80. The summed E-state index contributed by atoms with van der Waals surface area (Å²) >= 11 is 0. The van der Waals surface area contributed by atoms with Crippen molar-refractivity contribution in [3.05, 3.63) is 34.7 Å². The summed E-state index contributed by atoms with van der Waals surface area (Å²) in [4.78, 5) is 0. The zero-order chi connectivity index (χ0) is 11.8. The Morgan fingerprint density at radius 2 is 2.00 bits per heavy atom. The van der Waals surface area contributed by atoms with Crippen LogP contribution in [0.25, 0.3) is 11.6 Å². The second-order valence-corrected chi connectivity index (χ2v) is 4.00. The molecule has 0 spiro atoms. The first-order chi connectivity index (χ1) is 7.56. The maximum Gasteiger partial charge on any atom is 0.159 e. The minimum absolute atomic E-state index is 0.150. The molecule has 1 aromatic carbocycles. The lowest BCUT2D eigenvalue weighted by Crippen LogP contribution is -2.42. The van der Waals surface area contributed by atoms with Crippen molar-refractivity contribution in [3.63, 3.8) is 0 Å². The average Bonchev–Trinajstić information content (AvgIpc) is 2.47. The molecule has 86 valence electrons. The zero-order valence-corrected chi connectivity index (χ0v) is 8.80. The van der Waals surface area contributed by atoms with Gasteiger partial charge in [0.2, 0.25) is 0 Å². The van der Waals surface area contributed by atoms with Gasteiger partial charge in [0, 0.05) is 18.6 Å². The van der Waals surface area contributed by atoms with Crippen LogP contribution in [-0.4, -0.2) is 33.8 Å². The first-order valence-electron chi connectivity index (χ1n) is 5.19. The van der Waals surface area contributed by atoms with E-state index in [-0.39, 0.29) is 13.0 Å². The molecule has 2 atom stereocenters. The summed E-state index contributed by atoms with van der Waals surface area (Å²) in [5, 5.41) is 30.2. The van der Waals surface area contributed by atoms with E-state index in [1.807, 2.05) is 18.2 Å². The fourth-order valence-electron chi connectivity index (χ4n) is 2.11. The lowest BCUT2D eigenvalue weighted by atomic mass is 9.98. The summed E-state index contributed by atoms with van der Waals surface area (Å²) in [5.41, 5.74) is 4.46. The van der Waals surface area contributed by atoms with Crippen LogP contribution in [0.4, 0.5) is 0 Å². The second kappa shape index (κ2) is 3.99. The number of aliphatic hydroxyl groups excluding tert-OH is 2. The van der Waals surface area contributed by atoms with Gasteiger partial charge in [0.15, 0.2) is 5.72 Å². The number of aliphatic hydroxyl groups is 3. The van der Waals surface area contributed by atoms with Crippen LogP contribution in [0.2, 0.25) is 0 Å². The molecular formula is C12H15NO3. The Hall–Kier alpha value is -1.20. The van der Waals surface area contributed by atoms with Crippen molar-refractivity contribution in [3.8, 4) is 0 Å². The Labute approximate surface area is 93.0 Å². The van der Waals surface area contributed by atoms with E-state index in [0.29, 0.717) is 5.57 Å². The van der Waals surface area contributed by atoms with Crippen molar-refractivity contribution < 1.29 is 15.3 Å². The van der Waals surface area contributed by atoms with E-state index in [1.54, 1.807) is 6.07 Å². The third-order valence-corrected chi connectivity index (χ3v) is 2.79. The highest BCUT2D eigenvalue weighted by molar-refractivity contribution is 5.72. The molecule has 0 heterocycles. The molecule has 4 nitrogen and oxygen atoms in total. The highest BCUT2D eigenvalue weighted by atomic mass is 16.3. The van der Waals surface area contributed by atoms with E-state index in [2.05, 4.69) is 0 Å². The van der Waals surface area contributed by atoms with E-state index in [4.69, 9.17) is 10.8 Å². The number of nitrogens with two attached hydrogens (primary N) is 1. The smallest absolute Gasteiger partial charge is 0.159 e. The lowest BCUT2D eigenvalue weighted by Gasteiger charge is -2.23. The van der Waals surface area contributed by atoms with Crippen LogP contribution in [0.15, 0.2) is 24.3 Å². The Bertz CT molecular complexity index is 507. The maximum atomic E-state index is 10.0. The van der Waals surface area contributed by atoms with Gasteiger partial charge in [0.05, 0.1) is 6.10 Å². The first-order valence-corrected chi connectivity index (χ1v) is 5.19. The second-order valence-electron chi connectivity index (χ2n) is 4.00. The molecule has 0 saturated carbocycles. The predicted molar refractivity (Wildman–Crippen MR) is 60.4 cm³/mol. The normalized spacial score (nSPS) is 25.1. The number of rotatable bonds is 3. The van der Waals surface area contributed by atoms with Crippen molar-refractivity contribution >= 4 is 11.6 Å². The van der Waals surface area contributed by atoms with Gasteiger partial charge in [-0.25, -0.2) is 0 Å². The van der Waals surface area contributed by atoms with E-state index in [1.165, 1.54) is 6.08 Å². The average molecular weight is 221 g/mol. The van der Waals surface area contributed by atoms with Crippen LogP contribution >= 0.6 is 0 Å². The van der Waals surface area contributed by atoms with Crippen molar-refractivity contribution in [2.24, 2.45) is 5.73 Å². The standard InChI is InChI=1S/C12H15NO3/c13-12(16)7-8-3-1-2-4-9(8)11(12)10(15)5-6-14/h1-4,7,10,14-16H,5-6,13H2. The molecule has 2 unspecified atom stereocenters. The van der Waals surface area contributed by atoms with Crippen LogP contribution in [-0.2, 0) is 0 Å². The van der Waals surface area contributed by atoms with Crippen molar-refractivity contribution in [1.29, 1.82) is 0 Å². The minimum Gasteiger partial charge on any atom is -0.396 e. The molecule has 0 saturated heterocycles. The maximum absolute atomic E-state index is 10.0. The van der Waals surface area contributed by atoms with Crippen LogP contribution in [0, 0.1) is 0 Å². The van der Waals surface area contributed by atoms with Gasteiger partial charge in [0.1, 0.15) is 0 Å². The summed E-state index contributed by atoms with van der Waals surface area (Å²) < 4.78 is 0. The fourth-order valence-corrected chi connectivity index (χ4v) is 2.11. The van der Waals surface area contributed by atoms with Crippen LogP contribution in [0.1, 0.15) is 6.42 Å². The third kappa shape index (κ3) is 1.76. The monoisotopic (exact) mass is 221 g/mol. The third-order valence-electron chi connectivity index (χ3n) is 2.79. The minimum atomic E-state index is -1.63. The summed E-state index contributed by atoms with van der Waals surface area (Å²) in [5.74, 6) is 0. The SMILES string of the molecule is NC1(O)C=c2ccccc2=C1C(O)CCO. The first kappa shape index (κ1) is 11.3. The van der Waals surface area contributed by atoms with Crippen molar-refractivity contribution in [1.82, 2.24) is 0 Å². The van der Waals surface area contributed by atoms with Gasteiger partial charge in [-0.1, -0.05) is 24.3 Å². The van der Waals surface area contributed by atoms with Gasteiger partial charge in [-0.2, -0.15) is 0 Å². The lowest BCUT2D eigenvalue weighted by molar-refractivity contribution is 0.125. The number of fused-ring (bicyclic) bond motifs is 1. The molecule has 0 aliphatic heterocycles. The summed E-state index contributed by atoms with van der Waals surface area (Å²) in [6, 6.07) is 7.28. The highest BCUT2D eigenvalue weighted by Gasteiger charge is 2.33. The van der Waals surface area contributed by atoms with E-state index >= 15 is 0 Å². The van der Waals surface area contributed by atoms with Crippen LogP contribution < -0.4 is 16.2 Å². The van der Waals surface area contributed by atoms with Gasteiger partial charge in [-0.3, -0.25) is 5.73 Å². The quantitative estimate of drug-likeness (QED) is 0.446. The Kier molecular flexibility index (Phi) is 2.82. The molecule has 0 aromatic heterocycles. The molecule has 0 radical (unpaired) electrons. The number of benzene rings is 1. The number of hydrogen-bond donors (Lipinski definition) is 4. The molecule has 16 heavy (non-hydrogen) atoms. The fraction of sp³-hybridized carbons (Fsp3) is 0.333. The molecule has 0 bridgehead atoms. The number of hydrogen-bond acceptors (Lipinski definition) is 4. The highest BCUT2D eigenvalue weighted by Crippen LogP contribution is 2.20. The predicted octanol–water partition coefficient (Wildman–Crippen LogP) is -1.98. The van der Waals surface area contributed by atoms with Crippen molar-refractivity contribution in [2.75, 3.05) is 6.61 Å². The Morgan fingerprint density at radius 3 is 2.69 bits per heavy atom. The van der Waals surface area contributed by atoms with Gasteiger partial charge >= 0.3 is 0 Å². The molecule has 1 aliphatic carbocycles. The van der Waals surface area contributed by atoms with Crippen molar-refractivity contribution in [2.45, 2.75) is 18.2 Å². The molecule has 1 aliphatic rings. The van der Waals surface area contributed by atoms with Gasteiger partial charge in [-0.05, 0) is 16.5 Å². The van der Waals surface area contributed by atoms with E-state index in [0.717, 1.165) is 10.4 Å². The molecule has 2 rings (SSSR count). The van der Waals surface area contributed by atoms with Gasteiger partial charge < -0.3 is 15.3 Å². The molecular weight excluding hydrogens is 206 g/mol. The molecule has 1 aromatic rings. The van der Waals surface area contributed by atoms with E-state index in [9.17, 15) is 10.2 Å². The molecule has 5 N–H and O–H groups in total. The summed E-state index contributed by atoms with van der Waals surface area (Å²) in [6.45, 7) is -0.150. The topological polar surface area (TPSA) is 86.7 Å². The van der Waals surface area contributed by atoms with Crippen LogP contribution in [0.5, 0.6) is 0 Å². The molecule has 0 fully saturated rings. The Balaban J connectivity index is 2.61. The Morgan fingerprint density at radius 1 is 1.31 bits per heavy atom. The molecule has 0 amide bonds.